The summed E-state index contributed by atoms with van der Waals surface area (Å²) in [5.41, 5.74) is 5.36. The van der Waals surface area contributed by atoms with Crippen LogP contribution in [0, 0.1) is 0 Å². The van der Waals surface area contributed by atoms with E-state index in [4.69, 9.17) is 4.74 Å². The lowest BCUT2D eigenvalue weighted by Gasteiger charge is -2.36. The first-order valence-electron chi connectivity index (χ1n) is 13.0. The van der Waals surface area contributed by atoms with Crippen LogP contribution in [0.3, 0.4) is 0 Å². The Kier molecular flexibility index (Phi) is 7.17. The van der Waals surface area contributed by atoms with Crippen LogP contribution < -0.4 is 15.0 Å². The van der Waals surface area contributed by atoms with Crippen molar-refractivity contribution in [2.75, 3.05) is 43.5 Å². The number of piperazine rings is 1. The number of carbonyl (C=O) groups excluding carboxylic acids is 2. The summed E-state index contributed by atoms with van der Waals surface area (Å²) >= 11 is 1.58. The second-order valence-electron chi connectivity index (χ2n) is 9.48. The molecule has 0 bridgehead atoms. The number of rotatable bonds is 7. The average molecular weight is 567 g/mol. The normalized spacial score (nSPS) is 13.7. The molecule has 0 atom stereocenters. The van der Waals surface area contributed by atoms with Crippen molar-refractivity contribution in [2.45, 2.75) is 0 Å². The second kappa shape index (κ2) is 11.2. The van der Waals surface area contributed by atoms with Crippen molar-refractivity contribution in [2.24, 2.45) is 0 Å². The topological polar surface area (TPSA) is 121 Å². The number of nitrogens with one attached hydrogen (secondary N) is 1. The fourth-order valence-corrected chi connectivity index (χ4v) is 5.44. The van der Waals surface area contributed by atoms with Gasteiger partial charge in [0.1, 0.15) is 23.6 Å². The number of anilines is 3. The van der Waals surface area contributed by atoms with Crippen molar-refractivity contribution in [3.8, 4) is 11.5 Å². The Balaban J connectivity index is 1.12. The molecule has 1 saturated heterocycles. The van der Waals surface area contributed by atoms with E-state index in [0.29, 0.717) is 59.9 Å². The lowest BCUT2D eigenvalue weighted by atomic mass is 10.1. The van der Waals surface area contributed by atoms with Gasteiger partial charge < -0.3 is 25.0 Å². The average Bonchev–Trinajstić information content (AvgIpc) is 3.48. The van der Waals surface area contributed by atoms with Crippen molar-refractivity contribution in [1.82, 2.24) is 19.9 Å². The maximum absolute atomic E-state index is 12.7. The van der Waals surface area contributed by atoms with E-state index in [9.17, 15) is 14.7 Å². The number of carbonyl (C=O) groups is 2. The van der Waals surface area contributed by atoms with Gasteiger partial charge in [-0.3, -0.25) is 9.59 Å². The number of benzene rings is 3. The Bertz CT molecular complexity index is 1780. The zero-order valence-electron chi connectivity index (χ0n) is 22.2. The van der Waals surface area contributed by atoms with Crippen molar-refractivity contribution < 1.29 is 19.4 Å². The summed E-state index contributed by atoms with van der Waals surface area (Å²) in [6, 6.07) is 16.2. The maximum atomic E-state index is 12.7. The van der Waals surface area contributed by atoms with Crippen molar-refractivity contribution in [3.05, 3.63) is 84.2 Å². The smallest absolute Gasteiger partial charge is 0.246 e. The molecule has 0 radical (unpaired) electrons. The zero-order chi connectivity index (χ0) is 28.3. The van der Waals surface area contributed by atoms with Gasteiger partial charge in [0.15, 0.2) is 5.78 Å². The van der Waals surface area contributed by atoms with Gasteiger partial charge in [-0.15, -0.1) is 11.3 Å². The summed E-state index contributed by atoms with van der Waals surface area (Å²) < 4.78 is 6.21. The number of hydrogen-bond donors (Lipinski definition) is 2. The molecule has 0 unspecified atom stereocenters. The molecular weight excluding hydrogens is 540 g/mol. The predicted molar refractivity (Wildman–Crippen MR) is 159 cm³/mol. The molecule has 2 aromatic heterocycles. The number of amides is 1. The number of ketones is 1. The minimum Gasteiger partial charge on any atom is -0.506 e. The van der Waals surface area contributed by atoms with E-state index in [2.05, 4.69) is 20.3 Å². The molecule has 1 aliphatic heterocycles. The zero-order valence-corrected chi connectivity index (χ0v) is 23.0. The number of thiazole rings is 1. The first kappa shape index (κ1) is 26.2. The van der Waals surface area contributed by atoms with E-state index >= 15 is 0 Å². The summed E-state index contributed by atoms with van der Waals surface area (Å²) in [5.74, 6) is 0.868. The molecule has 0 spiro atoms. The molecule has 0 aliphatic carbocycles. The molecule has 1 fully saturated rings. The number of fused-ring (bicyclic) bond motifs is 2. The monoisotopic (exact) mass is 566 g/mol. The number of phenolic OH excluding ortho intramolecular Hbond substituents is 1. The van der Waals surface area contributed by atoms with Gasteiger partial charge >= 0.3 is 0 Å². The van der Waals surface area contributed by atoms with Gasteiger partial charge in [-0.1, -0.05) is 0 Å². The minimum atomic E-state index is -0.250. The maximum Gasteiger partial charge on any atom is 0.246 e. The van der Waals surface area contributed by atoms with Gasteiger partial charge in [-0.25, -0.2) is 15.0 Å². The highest BCUT2D eigenvalue weighted by molar-refractivity contribution is 7.16. The van der Waals surface area contributed by atoms with Crippen LogP contribution in [-0.4, -0.2) is 69.9 Å². The van der Waals surface area contributed by atoms with Gasteiger partial charge in [-0.05, 0) is 60.7 Å². The molecule has 41 heavy (non-hydrogen) atoms. The Hall–Kier alpha value is -5.03. The minimum absolute atomic E-state index is 0.107. The highest BCUT2D eigenvalue weighted by Gasteiger charge is 2.23. The second-order valence-corrected chi connectivity index (χ2v) is 10.4. The lowest BCUT2D eigenvalue weighted by molar-refractivity contribution is -0.126. The molecule has 2 N–H and O–H groups in total. The molecule has 206 valence electrons. The summed E-state index contributed by atoms with van der Waals surface area (Å²) in [6.07, 6.45) is 4.10. The third kappa shape index (κ3) is 5.52. The molecule has 1 aliphatic rings. The van der Waals surface area contributed by atoms with Gasteiger partial charge in [0.25, 0.3) is 0 Å². The Morgan fingerprint density at radius 2 is 1.76 bits per heavy atom. The van der Waals surface area contributed by atoms with E-state index < -0.39 is 0 Å². The van der Waals surface area contributed by atoms with Gasteiger partial charge in [0.2, 0.25) is 5.91 Å². The molecular formula is C30H26N6O4S. The van der Waals surface area contributed by atoms with Crippen molar-refractivity contribution in [3.63, 3.8) is 0 Å². The molecule has 5 aromatic rings. The van der Waals surface area contributed by atoms with Crippen LogP contribution in [0.15, 0.2) is 78.6 Å². The molecule has 3 heterocycles. The van der Waals surface area contributed by atoms with Gasteiger partial charge in [-0.2, -0.15) is 0 Å². The van der Waals surface area contributed by atoms with E-state index in [1.54, 1.807) is 53.7 Å². The van der Waals surface area contributed by atoms with Crippen LogP contribution in [-0.2, 0) is 4.79 Å². The van der Waals surface area contributed by atoms with Crippen LogP contribution in [0.2, 0.25) is 0 Å². The standard InChI is InChI=1S/C30H26N6O4S/c1-40-21-5-2-19(3-6-21)26(37)7-9-29(39)36-12-10-35(11-13-36)25-16-23-22(15-27(25)38)30(32-17-31-23)34-20-4-8-28-24(14-20)33-18-41-28/h2-9,14-18,38H,10-13H2,1H3,(H,31,32,34)/b9-7+. The van der Waals surface area contributed by atoms with Gasteiger partial charge in [0, 0.05) is 48.9 Å². The lowest BCUT2D eigenvalue weighted by Crippen LogP contribution is -2.48. The Morgan fingerprint density at radius 1 is 0.951 bits per heavy atom. The van der Waals surface area contributed by atoms with E-state index in [1.807, 2.05) is 34.7 Å². The highest BCUT2D eigenvalue weighted by atomic mass is 32.1. The quantitative estimate of drug-likeness (QED) is 0.212. The first-order chi connectivity index (χ1) is 20.0. The Labute approximate surface area is 239 Å². The molecule has 11 heteroatoms. The summed E-state index contributed by atoms with van der Waals surface area (Å²) in [5, 5.41) is 15.0. The van der Waals surface area contributed by atoms with Crippen LogP contribution in [0.5, 0.6) is 11.5 Å². The van der Waals surface area contributed by atoms with Crippen LogP contribution in [0.25, 0.3) is 21.1 Å². The van der Waals surface area contributed by atoms with Gasteiger partial charge in [0.05, 0.1) is 34.0 Å². The Morgan fingerprint density at radius 3 is 2.54 bits per heavy atom. The van der Waals surface area contributed by atoms with Crippen LogP contribution >= 0.6 is 11.3 Å². The summed E-state index contributed by atoms with van der Waals surface area (Å²) in [7, 11) is 1.56. The van der Waals surface area contributed by atoms with Crippen molar-refractivity contribution in [1.29, 1.82) is 0 Å². The fraction of sp³-hybridized carbons (Fsp3) is 0.167. The number of hydrogen-bond acceptors (Lipinski definition) is 10. The highest BCUT2D eigenvalue weighted by Crippen LogP contribution is 2.35. The van der Waals surface area contributed by atoms with Crippen LogP contribution in [0.4, 0.5) is 17.2 Å². The molecule has 0 saturated carbocycles. The number of allylic oxidation sites excluding steroid dienone is 1. The summed E-state index contributed by atoms with van der Waals surface area (Å²) in [4.78, 5) is 42.1. The largest absolute Gasteiger partial charge is 0.506 e. The molecule has 6 rings (SSSR count). The number of methoxy groups -OCH3 is 1. The third-order valence-electron chi connectivity index (χ3n) is 7.01. The first-order valence-corrected chi connectivity index (χ1v) is 13.8. The van der Waals surface area contributed by atoms with E-state index in [-0.39, 0.29) is 17.4 Å². The number of ether oxygens (including phenoxy) is 1. The SMILES string of the molecule is COc1ccc(C(=O)/C=C/C(=O)N2CCN(c3cc4ncnc(Nc5ccc6scnc6c5)c4cc3O)CC2)cc1. The number of aromatic nitrogens is 3. The number of nitrogens with zero attached hydrogens (tertiary/aromatic N) is 5. The number of phenols is 1. The third-order valence-corrected chi connectivity index (χ3v) is 7.82. The molecule has 10 nitrogen and oxygen atoms in total. The van der Waals surface area contributed by atoms with Crippen LogP contribution in [0.1, 0.15) is 10.4 Å². The van der Waals surface area contributed by atoms with Crippen molar-refractivity contribution >= 4 is 61.3 Å². The van der Waals surface area contributed by atoms with E-state index in [0.717, 1.165) is 15.9 Å². The predicted octanol–water partition coefficient (Wildman–Crippen LogP) is 4.79. The summed E-state index contributed by atoms with van der Waals surface area (Å²) in [6.45, 7) is 1.95. The molecule has 1 amide bonds. The number of aromatic hydroxyl groups is 1. The molecule has 3 aromatic carbocycles. The van der Waals surface area contributed by atoms with E-state index in [1.165, 1.54) is 18.5 Å². The fourth-order valence-electron chi connectivity index (χ4n) is 4.78.